The fourth-order valence-corrected chi connectivity index (χ4v) is 6.10. The van der Waals surface area contributed by atoms with Gasteiger partial charge in [0.2, 0.25) is 0 Å². The second kappa shape index (κ2) is 9.71. The Kier molecular flexibility index (Phi) is 6.50. The summed E-state index contributed by atoms with van der Waals surface area (Å²) in [7, 11) is 0.294. The summed E-state index contributed by atoms with van der Waals surface area (Å²) >= 11 is 6.60. The van der Waals surface area contributed by atoms with Crippen LogP contribution in [-0.4, -0.2) is 76.2 Å². The molecular weight excluding hydrogens is 528 g/mol. The number of pyridine rings is 1. The summed E-state index contributed by atoms with van der Waals surface area (Å²) in [5.74, 6) is 0.532. The minimum Gasteiger partial charge on any atom is -0.472 e. The number of nitrogens with one attached hydrogen (secondary N) is 1. The summed E-state index contributed by atoms with van der Waals surface area (Å²) < 4.78 is 39.4. The summed E-state index contributed by atoms with van der Waals surface area (Å²) in [6.45, 7) is 0.587. The van der Waals surface area contributed by atoms with Gasteiger partial charge < -0.3 is 19.3 Å². The molecular formula is C27H27ClN4O5S. The van der Waals surface area contributed by atoms with Crippen molar-refractivity contribution < 1.29 is 23.5 Å². The zero-order chi connectivity index (χ0) is 26.6. The molecule has 0 amide bonds. The summed E-state index contributed by atoms with van der Waals surface area (Å²) in [4.78, 5) is 9.84. The van der Waals surface area contributed by atoms with E-state index in [0.717, 1.165) is 22.4 Å². The molecule has 11 heteroatoms. The maximum atomic E-state index is 12.5. The van der Waals surface area contributed by atoms with Crippen LogP contribution in [0, 0.1) is 4.78 Å². The average Bonchev–Trinajstić information content (AvgIpc) is 3.60. The van der Waals surface area contributed by atoms with E-state index in [9.17, 15) is 9.32 Å². The van der Waals surface area contributed by atoms with Crippen LogP contribution in [0.5, 0.6) is 0 Å². The molecule has 2 aromatic carbocycles. The van der Waals surface area contributed by atoms with E-state index in [-0.39, 0.29) is 24.9 Å². The maximum absolute atomic E-state index is 12.5. The first-order valence-corrected chi connectivity index (χ1v) is 14.1. The summed E-state index contributed by atoms with van der Waals surface area (Å²) in [5.41, 5.74) is 4.92. The number of aliphatic hydroxyl groups is 1. The topological polar surface area (TPSA) is 117 Å². The third kappa shape index (κ3) is 4.51. The molecule has 0 spiro atoms. The molecule has 9 nitrogen and oxygen atoms in total. The molecule has 0 radical (unpaired) electrons. The molecule has 3 aliphatic heterocycles. The number of ether oxygens (including phenoxy) is 3. The third-order valence-corrected chi connectivity index (χ3v) is 9.27. The van der Waals surface area contributed by atoms with Crippen molar-refractivity contribution in [2.75, 3.05) is 27.3 Å². The van der Waals surface area contributed by atoms with Gasteiger partial charge in [0, 0.05) is 19.7 Å². The molecule has 3 aromatic rings. The number of hydrogen-bond donors (Lipinski definition) is 2. The number of aliphatic hydroxyl groups excluding tert-OH is 1. The summed E-state index contributed by atoms with van der Waals surface area (Å²) in [6.07, 6.45) is -1.18. The number of aliphatic imine (C=N–C) groups is 1. The van der Waals surface area contributed by atoms with E-state index in [4.69, 9.17) is 35.6 Å². The van der Waals surface area contributed by atoms with Gasteiger partial charge in [0.25, 0.3) is 0 Å². The van der Waals surface area contributed by atoms with Gasteiger partial charge in [-0.1, -0.05) is 48.0 Å². The van der Waals surface area contributed by atoms with Gasteiger partial charge in [-0.15, -0.1) is 0 Å². The van der Waals surface area contributed by atoms with E-state index in [2.05, 4.69) is 4.99 Å². The molecule has 2 N–H and O–H groups in total. The first-order valence-electron chi connectivity index (χ1n) is 12.2. The molecule has 4 heterocycles. The Morgan fingerprint density at radius 2 is 1.66 bits per heavy atom. The Morgan fingerprint density at radius 1 is 1.03 bits per heavy atom. The molecule has 1 unspecified atom stereocenters. The van der Waals surface area contributed by atoms with Crippen molar-refractivity contribution in [2.45, 2.75) is 35.7 Å². The predicted octanol–water partition coefficient (Wildman–Crippen LogP) is 4.08. The van der Waals surface area contributed by atoms with Crippen LogP contribution in [0.4, 0.5) is 5.69 Å². The lowest BCUT2D eigenvalue weighted by Gasteiger charge is -2.17. The van der Waals surface area contributed by atoms with Gasteiger partial charge in [-0.05, 0) is 29.3 Å². The zero-order valence-electron chi connectivity index (χ0n) is 20.8. The lowest BCUT2D eigenvalue weighted by molar-refractivity contribution is 0.00558. The number of fused-ring (bicyclic) bond motifs is 2. The average molecular weight is 555 g/mol. The van der Waals surface area contributed by atoms with Crippen molar-refractivity contribution in [3.8, 4) is 22.4 Å². The second-order valence-electron chi connectivity index (χ2n) is 9.73. The predicted molar refractivity (Wildman–Crippen MR) is 144 cm³/mol. The molecule has 198 valence electrons. The lowest BCUT2D eigenvalue weighted by atomic mass is 10.0. The van der Waals surface area contributed by atoms with E-state index >= 15 is 0 Å². The Morgan fingerprint density at radius 3 is 2.34 bits per heavy atom. The molecule has 6 rings (SSSR count). The molecule has 0 bridgehead atoms. The smallest absolute Gasteiger partial charge is 0.195 e. The molecule has 38 heavy (non-hydrogen) atoms. The van der Waals surface area contributed by atoms with Crippen LogP contribution < -0.4 is 0 Å². The monoisotopic (exact) mass is 554 g/mol. The normalized spacial score (nSPS) is 25.7. The van der Waals surface area contributed by atoms with E-state index in [1.54, 1.807) is 32.3 Å². The molecule has 1 aromatic heterocycles. The van der Waals surface area contributed by atoms with Gasteiger partial charge in [-0.2, -0.15) is 0 Å². The fourth-order valence-electron chi connectivity index (χ4n) is 4.91. The van der Waals surface area contributed by atoms with Crippen molar-refractivity contribution in [1.82, 2.24) is 9.29 Å². The van der Waals surface area contributed by atoms with Crippen LogP contribution in [0.1, 0.15) is 5.69 Å². The number of benzene rings is 2. The largest absolute Gasteiger partial charge is 0.472 e. The number of nitrogens with zero attached hydrogens (tertiary/aromatic N) is 3. The number of rotatable bonds is 5. The number of halogens is 1. The highest BCUT2D eigenvalue weighted by Crippen LogP contribution is 2.37. The van der Waals surface area contributed by atoms with Crippen molar-refractivity contribution >= 4 is 33.1 Å². The van der Waals surface area contributed by atoms with Crippen LogP contribution in [0.15, 0.2) is 64.5 Å². The maximum Gasteiger partial charge on any atom is 0.195 e. The van der Waals surface area contributed by atoms with Crippen molar-refractivity contribution in [1.29, 1.82) is 4.78 Å². The standard InChI is InChI=1S/C27H27ClN4O5S/c1-32(2)38(29,34)18-9-7-16(8-10-18)15-3-5-17(6-4-15)25-19(28)11-20-21(31-25)12-24(30-20)37-23-14-36-26-22(33)13-35-27(23)26/h3-11,22-23,26-27,29,33H,12-14H2,1-2H3/t22-,23-,26-,27-,38?/m1/s1. The highest BCUT2D eigenvalue weighted by atomic mass is 35.5. The Hall–Kier alpha value is -2.86. The summed E-state index contributed by atoms with van der Waals surface area (Å²) in [6, 6.07) is 16.9. The number of aromatic nitrogens is 1. The first kappa shape index (κ1) is 25.4. The van der Waals surface area contributed by atoms with Crippen LogP contribution in [0.2, 0.25) is 5.02 Å². The van der Waals surface area contributed by atoms with E-state index < -0.39 is 16.0 Å². The summed E-state index contributed by atoms with van der Waals surface area (Å²) in [5, 5.41) is 10.4. The van der Waals surface area contributed by atoms with E-state index in [0.29, 0.717) is 40.2 Å². The highest BCUT2D eigenvalue weighted by Gasteiger charge is 2.49. The van der Waals surface area contributed by atoms with Crippen LogP contribution in [-0.2, 0) is 30.5 Å². The van der Waals surface area contributed by atoms with Gasteiger partial charge in [-0.25, -0.2) is 23.3 Å². The zero-order valence-corrected chi connectivity index (χ0v) is 22.4. The first-order chi connectivity index (χ1) is 18.2. The minimum atomic E-state index is -2.98. The third-order valence-electron chi connectivity index (χ3n) is 7.04. The van der Waals surface area contributed by atoms with Crippen molar-refractivity contribution in [2.24, 2.45) is 4.99 Å². The quantitative estimate of drug-likeness (QED) is 0.491. The van der Waals surface area contributed by atoms with Crippen LogP contribution >= 0.6 is 11.6 Å². The van der Waals surface area contributed by atoms with Gasteiger partial charge in [0.1, 0.15) is 28.2 Å². The van der Waals surface area contributed by atoms with Gasteiger partial charge in [0.15, 0.2) is 12.0 Å². The lowest BCUT2D eigenvalue weighted by Crippen LogP contribution is -2.34. The second-order valence-corrected chi connectivity index (χ2v) is 12.4. The molecule has 3 aliphatic rings. The Balaban J connectivity index is 1.17. The van der Waals surface area contributed by atoms with Crippen molar-refractivity contribution in [3.05, 3.63) is 65.3 Å². The van der Waals surface area contributed by atoms with Crippen LogP contribution in [0.25, 0.3) is 22.4 Å². The van der Waals surface area contributed by atoms with Gasteiger partial charge in [-0.3, -0.25) is 0 Å². The molecule has 0 saturated carbocycles. The van der Waals surface area contributed by atoms with Gasteiger partial charge >= 0.3 is 0 Å². The van der Waals surface area contributed by atoms with E-state index in [1.165, 1.54) is 4.31 Å². The Bertz CT molecular complexity index is 1510. The van der Waals surface area contributed by atoms with Crippen molar-refractivity contribution in [3.63, 3.8) is 0 Å². The highest BCUT2D eigenvalue weighted by molar-refractivity contribution is 7.90. The minimum absolute atomic E-state index is 0.246. The van der Waals surface area contributed by atoms with E-state index in [1.807, 2.05) is 36.4 Å². The van der Waals surface area contributed by atoms with Gasteiger partial charge in [0.05, 0.1) is 46.6 Å². The Labute approximate surface area is 226 Å². The molecule has 2 fully saturated rings. The number of hydrogen-bond acceptors (Lipinski definition) is 8. The molecule has 2 saturated heterocycles. The van der Waals surface area contributed by atoms with Crippen LogP contribution in [0.3, 0.4) is 0 Å². The fraction of sp³-hybridized carbons (Fsp3) is 0.333. The SMILES string of the molecule is CN(C)S(=N)(=O)c1ccc(-c2ccc(-c3nc4c(cc3Cl)N=C(O[C@@H]3CO[C@H]5[C@@H]3OC[C@H]5O)C4)cc2)cc1. The molecule has 0 aliphatic carbocycles. The molecule has 5 atom stereocenters.